The van der Waals surface area contributed by atoms with Crippen LogP contribution >= 0.6 is 0 Å². The Bertz CT molecular complexity index is 780. The minimum absolute atomic E-state index is 0.109. The molecule has 0 bridgehead atoms. The second kappa shape index (κ2) is 7.08. The lowest BCUT2D eigenvalue weighted by molar-refractivity contribution is 0.0908. The van der Waals surface area contributed by atoms with Gasteiger partial charge in [-0.1, -0.05) is 49.3 Å². The van der Waals surface area contributed by atoms with Crippen LogP contribution < -0.4 is 5.32 Å². The van der Waals surface area contributed by atoms with Crippen molar-refractivity contribution in [1.29, 1.82) is 0 Å². The molecule has 1 aromatic carbocycles. The van der Waals surface area contributed by atoms with Crippen LogP contribution in [0.2, 0.25) is 0 Å². The molecule has 0 aliphatic heterocycles. The highest BCUT2D eigenvalue weighted by molar-refractivity contribution is 5.93. The van der Waals surface area contributed by atoms with Gasteiger partial charge in [0.05, 0.1) is 25.0 Å². The van der Waals surface area contributed by atoms with Crippen LogP contribution in [-0.4, -0.2) is 32.1 Å². The Kier molecular flexibility index (Phi) is 4.69. The first-order chi connectivity index (χ1) is 11.6. The van der Waals surface area contributed by atoms with Crippen LogP contribution in [0.5, 0.6) is 0 Å². The molecule has 2 heterocycles. The normalized spacial score (nSPS) is 12.3. The molecule has 0 unspecified atom stereocenters. The third-order valence-electron chi connectivity index (χ3n) is 3.75. The average molecular weight is 325 g/mol. The number of benzene rings is 1. The molecule has 7 heteroatoms. The lowest BCUT2D eigenvalue weighted by Gasteiger charge is -2.21. The SMILES string of the molecule is CC(C)[C@@H](Cn1nccn1)NC(=O)c1cc(-c2ccccc2)on1. The molecule has 0 saturated heterocycles. The number of carbonyl (C=O) groups excluding carboxylic acids is 1. The Morgan fingerprint density at radius 3 is 2.58 bits per heavy atom. The molecule has 0 aliphatic rings. The Labute approximate surface area is 139 Å². The summed E-state index contributed by atoms with van der Waals surface area (Å²) in [7, 11) is 0. The number of nitrogens with one attached hydrogen (secondary N) is 1. The fourth-order valence-corrected chi connectivity index (χ4v) is 2.30. The molecule has 1 amide bonds. The molecule has 7 nitrogen and oxygen atoms in total. The topological polar surface area (TPSA) is 85.8 Å². The number of amides is 1. The zero-order valence-electron chi connectivity index (χ0n) is 13.6. The second-order valence-corrected chi connectivity index (χ2v) is 5.85. The zero-order chi connectivity index (χ0) is 16.9. The molecule has 1 N–H and O–H groups in total. The van der Waals surface area contributed by atoms with E-state index in [1.54, 1.807) is 23.3 Å². The summed E-state index contributed by atoms with van der Waals surface area (Å²) >= 11 is 0. The molecule has 3 rings (SSSR count). The van der Waals surface area contributed by atoms with Crippen LogP contribution in [-0.2, 0) is 6.54 Å². The van der Waals surface area contributed by atoms with E-state index in [-0.39, 0.29) is 23.6 Å². The van der Waals surface area contributed by atoms with Crippen molar-refractivity contribution in [1.82, 2.24) is 25.5 Å². The Hall–Kier alpha value is -2.96. The number of rotatable bonds is 6. The Morgan fingerprint density at radius 2 is 1.92 bits per heavy atom. The van der Waals surface area contributed by atoms with Crippen molar-refractivity contribution < 1.29 is 9.32 Å². The lowest BCUT2D eigenvalue weighted by Crippen LogP contribution is -2.42. The predicted octanol–water partition coefficient (Wildman–Crippen LogP) is 2.39. The van der Waals surface area contributed by atoms with Gasteiger partial charge in [-0.2, -0.15) is 15.0 Å². The number of hydrogen-bond acceptors (Lipinski definition) is 5. The van der Waals surface area contributed by atoms with Gasteiger partial charge in [-0.3, -0.25) is 4.79 Å². The fraction of sp³-hybridized carbons (Fsp3) is 0.294. The molecule has 24 heavy (non-hydrogen) atoms. The van der Waals surface area contributed by atoms with Gasteiger partial charge >= 0.3 is 0 Å². The van der Waals surface area contributed by atoms with E-state index in [9.17, 15) is 4.79 Å². The summed E-state index contributed by atoms with van der Waals surface area (Å²) in [5, 5.41) is 15.0. The van der Waals surface area contributed by atoms with Crippen molar-refractivity contribution in [3.05, 3.63) is 54.5 Å². The maximum atomic E-state index is 12.4. The van der Waals surface area contributed by atoms with Crippen LogP contribution in [0.4, 0.5) is 0 Å². The van der Waals surface area contributed by atoms with Crippen molar-refractivity contribution in [3.8, 4) is 11.3 Å². The molecule has 0 saturated carbocycles. The standard InChI is InChI=1S/C17H19N5O2/c1-12(2)15(11-22-18-8-9-19-22)20-17(23)14-10-16(24-21-14)13-6-4-3-5-7-13/h3-10,12,15H,11H2,1-2H3,(H,20,23)/t15-/m1/s1. The van der Waals surface area contributed by atoms with E-state index in [1.165, 1.54) is 0 Å². The average Bonchev–Trinajstić information content (AvgIpc) is 3.26. The molecule has 2 aromatic heterocycles. The summed E-state index contributed by atoms with van der Waals surface area (Å²) in [4.78, 5) is 14.0. The quantitative estimate of drug-likeness (QED) is 0.752. The minimum Gasteiger partial charge on any atom is -0.355 e. The Morgan fingerprint density at radius 1 is 1.21 bits per heavy atom. The third-order valence-corrected chi connectivity index (χ3v) is 3.75. The number of hydrogen-bond donors (Lipinski definition) is 1. The fourth-order valence-electron chi connectivity index (χ4n) is 2.30. The first kappa shape index (κ1) is 15.9. The van der Waals surface area contributed by atoms with Gasteiger partial charge in [0.15, 0.2) is 11.5 Å². The first-order valence-electron chi connectivity index (χ1n) is 7.80. The highest BCUT2D eigenvalue weighted by Crippen LogP contribution is 2.19. The van der Waals surface area contributed by atoms with Crippen molar-refractivity contribution in [2.45, 2.75) is 26.4 Å². The van der Waals surface area contributed by atoms with E-state index in [1.807, 2.05) is 44.2 Å². The van der Waals surface area contributed by atoms with Gasteiger partial charge in [0, 0.05) is 11.6 Å². The summed E-state index contributed by atoms with van der Waals surface area (Å²) in [6, 6.07) is 11.1. The maximum Gasteiger partial charge on any atom is 0.273 e. The van der Waals surface area contributed by atoms with Crippen molar-refractivity contribution >= 4 is 5.91 Å². The van der Waals surface area contributed by atoms with E-state index >= 15 is 0 Å². The van der Waals surface area contributed by atoms with E-state index in [0.717, 1.165) is 5.56 Å². The van der Waals surface area contributed by atoms with E-state index < -0.39 is 0 Å². The molecule has 0 fully saturated rings. The van der Waals surface area contributed by atoms with Gasteiger partial charge in [0.1, 0.15) is 0 Å². The lowest BCUT2D eigenvalue weighted by atomic mass is 10.0. The van der Waals surface area contributed by atoms with Gasteiger partial charge in [-0.25, -0.2) is 0 Å². The van der Waals surface area contributed by atoms with Gasteiger partial charge in [0.2, 0.25) is 0 Å². The number of aromatic nitrogens is 4. The van der Waals surface area contributed by atoms with Crippen LogP contribution in [0.15, 0.2) is 53.3 Å². The molecule has 3 aromatic rings. The second-order valence-electron chi connectivity index (χ2n) is 5.85. The van der Waals surface area contributed by atoms with Crippen LogP contribution in [0.1, 0.15) is 24.3 Å². The molecule has 1 atom stereocenters. The highest BCUT2D eigenvalue weighted by atomic mass is 16.5. The highest BCUT2D eigenvalue weighted by Gasteiger charge is 2.21. The molecular weight excluding hydrogens is 306 g/mol. The summed E-state index contributed by atoms with van der Waals surface area (Å²) in [5.41, 5.74) is 1.14. The number of nitrogens with zero attached hydrogens (tertiary/aromatic N) is 4. The minimum atomic E-state index is -0.271. The molecule has 0 spiro atoms. The maximum absolute atomic E-state index is 12.4. The molecule has 0 radical (unpaired) electrons. The first-order valence-corrected chi connectivity index (χ1v) is 7.80. The summed E-state index contributed by atoms with van der Waals surface area (Å²) in [6.07, 6.45) is 3.23. The van der Waals surface area contributed by atoms with Gasteiger partial charge < -0.3 is 9.84 Å². The zero-order valence-corrected chi connectivity index (χ0v) is 13.6. The third kappa shape index (κ3) is 3.68. The van der Waals surface area contributed by atoms with Crippen molar-refractivity contribution in [3.63, 3.8) is 0 Å². The van der Waals surface area contributed by atoms with Crippen LogP contribution in [0.3, 0.4) is 0 Å². The van der Waals surface area contributed by atoms with Crippen molar-refractivity contribution in [2.75, 3.05) is 0 Å². The molecule has 0 aliphatic carbocycles. The van der Waals surface area contributed by atoms with Crippen LogP contribution in [0, 0.1) is 5.92 Å². The van der Waals surface area contributed by atoms with E-state index in [0.29, 0.717) is 12.3 Å². The van der Waals surface area contributed by atoms with Gasteiger partial charge in [0.25, 0.3) is 5.91 Å². The predicted molar refractivity (Wildman–Crippen MR) is 88.1 cm³/mol. The van der Waals surface area contributed by atoms with Gasteiger partial charge in [-0.15, -0.1) is 0 Å². The van der Waals surface area contributed by atoms with Crippen LogP contribution in [0.25, 0.3) is 11.3 Å². The van der Waals surface area contributed by atoms with E-state index in [4.69, 9.17) is 4.52 Å². The van der Waals surface area contributed by atoms with Gasteiger partial charge in [-0.05, 0) is 5.92 Å². The smallest absolute Gasteiger partial charge is 0.273 e. The summed E-state index contributed by atoms with van der Waals surface area (Å²) < 4.78 is 5.28. The largest absolute Gasteiger partial charge is 0.355 e. The molecular formula is C17H19N5O2. The van der Waals surface area contributed by atoms with E-state index in [2.05, 4.69) is 20.7 Å². The molecule has 124 valence electrons. The monoisotopic (exact) mass is 325 g/mol. The summed E-state index contributed by atoms with van der Waals surface area (Å²) in [5.74, 6) is 0.517. The van der Waals surface area contributed by atoms with Crippen molar-refractivity contribution in [2.24, 2.45) is 5.92 Å². The Balaban J connectivity index is 1.70. The summed E-state index contributed by atoms with van der Waals surface area (Å²) in [6.45, 7) is 4.57. The number of carbonyl (C=O) groups is 1.